The van der Waals surface area contributed by atoms with Crippen molar-refractivity contribution >= 4 is 0 Å². The Kier molecular flexibility index (Phi) is 3.86. The molecule has 4 heteroatoms. The molecule has 1 atom stereocenters. The van der Waals surface area contributed by atoms with E-state index in [0.717, 1.165) is 25.1 Å². The number of phenolic OH excluding ortho intramolecular Hbond substituents is 2. The monoisotopic (exact) mass is 236 g/mol. The van der Waals surface area contributed by atoms with Gasteiger partial charge in [0.25, 0.3) is 0 Å². The first-order valence-electron chi connectivity index (χ1n) is 6.15. The Morgan fingerprint density at radius 2 is 2.06 bits per heavy atom. The van der Waals surface area contributed by atoms with Crippen LogP contribution in [0.1, 0.15) is 24.8 Å². The second-order valence-electron chi connectivity index (χ2n) is 4.68. The Bertz CT molecular complexity index is 382. The van der Waals surface area contributed by atoms with Crippen molar-refractivity contribution in [1.29, 1.82) is 0 Å². The van der Waals surface area contributed by atoms with Gasteiger partial charge in [0.05, 0.1) is 0 Å². The van der Waals surface area contributed by atoms with Crippen LogP contribution in [0.5, 0.6) is 11.5 Å². The van der Waals surface area contributed by atoms with E-state index in [2.05, 4.69) is 4.90 Å². The summed E-state index contributed by atoms with van der Waals surface area (Å²) in [5.41, 5.74) is 6.78. The van der Waals surface area contributed by atoms with E-state index in [4.69, 9.17) is 5.73 Å². The maximum atomic E-state index is 9.46. The summed E-state index contributed by atoms with van der Waals surface area (Å²) in [4.78, 5) is 2.36. The lowest BCUT2D eigenvalue weighted by atomic mass is 10.0. The number of nitrogens with two attached hydrogens (primary N) is 1. The molecule has 0 amide bonds. The first-order valence-corrected chi connectivity index (χ1v) is 6.15. The molecule has 0 aromatic heterocycles. The van der Waals surface area contributed by atoms with Crippen LogP contribution in [0.4, 0.5) is 0 Å². The van der Waals surface area contributed by atoms with Crippen molar-refractivity contribution in [2.45, 2.75) is 31.8 Å². The minimum atomic E-state index is -0.0669. The Morgan fingerprint density at radius 3 is 2.76 bits per heavy atom. The Hall–Kier alpha value is -1.26. The van der Waals surface area contributed by atoms with E-state index in [1.54, 1.807) is 6.07 Å². The average Bonchev–Trinajstić information content (AvgIpc) is 2.34. The Balaban J connectivity index is 2.05. The predicted molar refractivity (Wildman–Crippen MR) is 66.9 cm³/mol. The number of rotatable bonds is 3. The zero-order chi connectivity index (χ0) is 12.3. The first kappa shape index (κ1) is 12.2. The minimum Gasteiger partial charge on any atom is -0.504 e. The molecule has 17 heavy (non-hydrogen) atoms. The van der Waals surface area contributed by atoms with Gasteiger partial charge in [-0.25, -0.2) is 0 Å². The van der Waals surface area contributed by atoms with E-state index in [9.17, 15) is 10.2 Å². The molecule has 4 N–H and O–H groups in total. The molecule has 0 bridgehead atoms. The SMILES string of the molecule is NCC1CCCCN1Cc1ccc(O)c(O)c1. The quantitative estimate of drug-likeness (QED) is 0.694. The van der Waals surface area contributed by atoms with E-state index in [1.165, 1.54) is 18.9 Å². The van der Waals surface area contributed by atoms with Crippen LogP contribution in [0.25, 0.3) is 0 Å². The highest BCUT2D eigenvalue weighted by atomic mass is 16.3. The summed E-state index contributed by atoms with van der Waals surface area (Å²) in [7, 11) is 0. The zero-order valence-corrected chi connectivity index (χ0v) is 9.97. The smallest absolute Gasteiger partial charge is 0.157 e. The second-order valence-corrected chi connectivity index (χ2v) is 4.68. The molecule has 0 radical (unpaired) electrons. The molecule has 1 aromatic rings. The number of piperidine rings is 1. The number of hydrogen-bond donors (Lipinski definition) is 3. The van der Waals surface area contributed by atoms with Gasteiger partial charge in [-0.3, -0.25) is 4.90 Å². The maximum absolute atomic E-state index is 9.46. The largest absolute Gasteiger partial charge is 0.504 e. The highest BCUT2D eigenvalue weighted by Crippen LogP contribution is 2.26. The van der Waals surface area contributed by atoms with Crippen LogP contribution in [0.2, 0.25) is 0 Å². The molecule has 0 spiro atoms. The third kappa shape index (κ3) is 2.90. The van der Waals surface area contributed by atoms with Gasteiger partial charge in [-0.15, -0.1) is 0 Å². The molecule has 1 saturated heterocycles. The number of benzene rings is 1. The van der Waals surface area contributed by atoms with Gasteiger partial charge in [0.1, 0.15) is 0 Å². The average molecular weight is 236 g/mol. The normalized spacial score (nSPS) is 21.6. The van der Waals surface area contributed by atoms with Crippen LogP contribution in [0.15, 0.2) is 18.2 Å². The minimum absolute atomic E-state index is 0.0520. The fourth-order valence-corrected chi connectivity index (χ4v) is 2.44. The Labute approximate surface area is 102 Å². The van der Waals surface area contributed by atoms with Crippen molar-refractivity contribution in [3.63, 3.8) is 0 Å². The van der Waals surface area contributed by atoms with E-state index in [1.807, 2.05) is 6.07 Å². The molecule has 1 unspecified atom stereocenters. The molecular weight excluding hydrogens is 216 g/mol. The number of nitrogens with zero attached hydrogens (tertiary/aromatic N) is 1. The van der Waals surface area contributed by atoms with E-state index < -0.39 is 0 Å². The predicted octanol–water partition coefficient (Wildman–Crippen LogP) is 1.41. The van der Waals surface area contributed by atoms with Gasteiger partial charge in [0, 0.05) is 19.1 Å². The molecule has 2 rings (SSSR count). The Morgan fingerprint density at radius 1 is 1.24 bits per heavy atom. The van der Waals surface area contributed by atoms with Crippen LogP contribution in [-0.2, 0) is 6.54 Å². The van der Waals surface area contributed by atoms with Gasteiger partial charge in [-0.1, -0.05) is 12.5 Å². The zero-order valence-electron chi connectivity index (χ0n) is 9.97. The summed E-state index contributed by atoms with van der Waals surface area (Å²) >= 11 is 0. The molecule has 1 aromatic carbocycles. The molecule has 1 aliphatic heterocycles. The van der Waals surface area contributed by atoms with Crippen molar-refractivity contribution in [3.05, 3.63) is 23.8 Å². The van der Waals surface area contributed by atoms with Crippen molar-refractivity contribution in [2.24, 2.45) is 5.73 Å². The van der Waals surface area contributed by atoms with E-state index >= 15 is 0 Å². The molecule has 1 aliphatic rings. The topological polar surface area (TPSA) is 69.7 Å². The summed E-state index contributed by atoms with van der Waals surface area (Å²) in [6.07, 6.45) is 3.61. The third-order valence-corrected chi connectivity index (χ3v) is 3.45. The van der Waals surface area contributed by atoms with Gasteiger partial charge in [0.15, 0.2) is 11.5 Å². The molecule has 1 heterocycles. The van der Waals surface area contributed by atoms with Gasteiger partial charge >= 0.3 is 0 Å². The summed E-state index contributed by atoms with van der Waals surface area (Å²) < 4.78 is 0. The fourth-order valence-electron chi connectivity index (χ4n) is 2.44. The molecular formula is C13H20N2O2. The standard InChI is InChI=1S/C13H20N2O2/c14-8-11-3-1-2-6-15(11)9-10-4-5-12(16)13(17)7-10/h4-5,7,11,16-17H,1-3,6,8-9,14H2. The van der Waals surface area contributed by atoms with Gasteiger partial charge in [-0.05, 0) is 37.1 Å². The van der Waals surface area contributed by atoms with E-state index in [-0.39, 0.29) is 11.5 Å². The number of phenols is 2. The number of likely N-dealkylation sites (tertiary alicyclic amines) is 1. The lowest BCUT2D eigenvalue weighted by Crippen LogP contribution is -2.43. The van der Waals surface area contributed by atoms with Crippen molar-refractivity contribution in [2.75, 3.05) is 13.1 Å². The lowest BCUT2D eigenvalue weighted by molar-refractivity contribution is 0.144. The summed E-state index contributed by atoms with van der Waals surface area (Å²) in [6.45, 7) is 2.53. The third-order valence-electron chi connectivity index (χ3n) is 3.45. The van der Waals surface area contributed by atoms with Crippen LogP contribution in [-0.4, -0.2) is 34.2 Å². The van der Waals surface area contributed by atoms with Crippen molar-refractivity contribution < 1.29 is 10.2 Å². The molecule has 1 fully saturated rings. The summed E-state index contributed by atoms with van der Waals surface area (Å²) in [5, 5.41) is 18.7. The first-order chi connectivity index (χ1) is 8.20. The van der Waals surface area contributed by atoms with Crippen LogP contribution < -0.4 is 5.73 Å². The van der Waals surface area contributed by atoms with Crippen molar-refractivity contribution in [3.8, 4) is 11.5 Å². The molecule has 4 nitrogen and oxygen atoms in total. The highest BCUT2D eigenvalue weighted by molar-refractivity contribution is 5.40. The maximum Gasteiger partial charge on any atom is 0.157 e. The highest BCUT2D eigenvalue weighted by Gasteiger charge is 2.21. The molecule has 94 valence electrons. The fraction of sp³-hybridized carbons (Fsp3) is 0.538. The summed E-state index contributed by atoms with van der Waals surface area (Å²) in [6, 6.07) is 5.44. The van der Waals surface area contributed by atoms with Gasteiger partial charge < -0.3 is 15.9 Å². The lowest BCUT2D eigenvalue weighted by Gasteiger charge is -2.35. The van der Waals surface area contributed by atoms with Crippen molar-refractivity contribution in [1.82, 2.24) is 4.90 Å². The van der Waals surface area contributed by atoms with Crippen LogP contribution in [0.3, 0.4) is 0 Å². The summed E-state index contributed by atoms with van der Waals surface area (Å²) in [5.74, 6) is -0.119. The van der Waals surface area contributed by atoms with Crippen LogP contribution >= 0.6 is 0 Å². The molecule has 0 saturated carbocycles. The van der Waals surface area contributed by atoms with Gasteiger partial charge in [-0.2, -0.15) is 0 Å². The number of aromatic hydroxyl groups is 2. The van der Waals surface area contributed by atoms with Gasteiger partial charge in [0.2, 0.25) is 0 Å². The van der Waals surface area contributed by atoms with Crippen LogP contribution in [0, 0.1) is 0 Å². The number of hydrogen-bond acceptors (Lipinski definition) is 4. The second kappa shape index (κ2) is 5.38. The van der Waals surface area contributed by atoms with E-state index in [0.29, 0.717) is 12.6 Å². The molecule has 0 aliphatic carbocycles.